The zero-order chi connectivity index (χ0) is 17.0. The largest absolute Gasteiger partial charge is 0.353 e. The molecule has 0 aromatic heterocycles. The Morgan fingerprint density at radius 3 is 2.48 bits per heavy atom. The van der Waals surface area contributed by atoms with Gasteiger partial charge in [0.15, 0.2) is 0 Å². The van der Waals surface area contributed by atoms with Crippen molar-refractivity contribution in [1.82, 2.24) is 5.32 Å². The molecule has 0 saturated heterocycles. The Morgan fingerprint density at radius 2 is 1.91 bits per heavy atom. The van der Waals surface area contributed by atoms with E-state index in [0.29, 0.717) is 29.7 Å². The van der Waals surface area contributed by atoms with Crippen LogP contribution in [0.5, 0.6) is 0 Å². The Kier molecular flexibility index (Phi) is 6.05. The molecule has 23 heavy (non-hydrogen) atoms. The number of carbonyl (C=O) groups excluding carboxylic acids is 2. The first kappa shape index (κ1) is 17.8. The highest BCUT2D eigenvalue weighted by atomic mass is 35.5. The van der Waals surface area contributed by atoms with Crippen molar-refractivity contribution in [1.29, 1.82) is 0 Å². The molecule has 1 aromatic rings. The number of benzene rings is 1. The van der Waals surface area contributed by atoms with Gasteiger partial charge < -0.3 is 10.2 Å². The lowest BCUT2D eigenvalue weighted by Crippen LogP contribution is -2.37. The quantitative estimate of drug-likeness (QED) is 0.890. The number of hydrogen-bond acceptors (Lipinski definition) is 2. The van der Waals surface area contributed by atoms with Gasteiger partial charge in [-0.05, 0) is 43.9 Å². The third-order valence-electron chi connectivity index (χ3n) is 4.33. The third kappa shape index (κ3) is 4.71. The molecule has 0 atom stereocenters. The number of nitrogens with zero attached hydrogens (tertiary/aromatic N) is 1. The van der Waals surface area contributed by atoms with E-state index in [1.165, 1.54) is 19.8 Å². The van der Waals surface area contributed by atoms with Crippen LogP contribution in [0.3, 0.4) is 0 Å². The van der Waals surface area contributed by atoms with Gasteiger partial charge in [-0.2, -0.15) is 0 Å². The second-order valence-electron chi connectivity index (χ2n) is 6.38. The fourth-order valence-corrected chi connectivity index (χ4v) is 3.68. The molecule has 4 nitrogen and oxygen atoms in total. The van der Waals surface area contributed by atoms with Gasteiger partial charge in [-0.15, -0.1) is 0 Å². The number of nitrogens with one attached hydrogen (secondary N) is 1. The molecule has 1 N–H and O–H groups in total. The second-order valence-corrected chi connectivity index (χ2v) is 6.79. The zero-order valence-electron chi connectivity index (χ0n) is 14.1. The van der Waals surface area contributed by atoms with Crippen LogP contribution in [0, 0.1) is 13.8 Å². The van der Waals surface area contributed by atoms with E-state index in [0.717, 1.165) is 24.0 Å². The van der Waals surface area contributed by atoms with Gasteiger partial charge in [0.1, 0.15) is 0 Å². The van der Waals surface area contributed by atoms with Crippen LogP contribution in [-0.2, 0) is 9.59 Å². The standard InChI is InChI=1S/C18H25ClN2O2/c1-12-10-13(2)18(16(19)11-12)21(14(3)22)9-8-17(23)20-15-6-4-5-7-15/h10-11,15H,4-9H2,1-3H3,(H,20,23). The van der Waals surface area contributed by atoms with Crippen LogP contribution in [0.25, 0.3) is 0 Å². The summed E-state index contributed by atoms with van der Waals surface area (Å²) in [5.74, 6) is -0.100. The SMILES string of the molecule is CC(=O)N(CCC(=O)NC1CCCC1)c1c(C)cc(C)cc1Cl. The average Bonchev–Trinajstić information content (AvgIpc) is 2.93. The van der Waals surface area contributed by atoms with E-state index in [-0.39, 0.29) is 11.8 Å². The van der Waals surface area contributed by atoms with Gasteiger partial charge in [-0.25, -0.2) is 0 Å². The maximum atomic E-state index is 12.1. The topological polar surface area (TPSA) is 49.4 Å². The van der Waals surface area contributed by atoms with Crippen molar-refractivity contribution in [3.05, 3.63) is 28.3 Å². The first-order valence-corrected chi connectivity index (χ1v) is 8.60. The number of anilines is 1. The molecule has 0 radical (unpaired) electrons. The maximum absolute atomic E-state index is 12.1. The van der Waals surface area contributed by atoms with Crippen molar-refractivity contribution in [3.63, 3.8) is 0 Å². The minimum absolute atomic E-state index is 0.00374. The van der Waals surface area contributed by atoms with Crippen molar-refractivity contribution < 1.29 is 9.59 Å². The molecule has 1 fully saturated rings. The first-order valence-electron chi connectivity index (χ1n) is 8.22. The molecular formula is C18H25ClN2O2. The third-order valence-corrected chi connectivity index (χ3v) is 4.62. The van der Waals surface area contributed by atoms with Crippen molar-refractivity contribution in [2.45, 2.75) is 58.9 Å². The summed E-state index contributed by atoms with van der Waals surface area (Å²) in [6.45, 7) is 5.75. The number of aryl methyl sites for hydroxylation is 2. The number of halogens is 1. The van der Waals surface area contributed by atoms with E-state index in [4.69, 9.17) is 11.6 Å². The van der Waals surface area contributed by atoms with Crippen LogP contribution in [0.4, 0.5) is 5.69 Å². The summed E-state index contributed by atoms with van der Waals surface area (Å²) >= 11 is 6.33. The molecule has 0 aliphatic heterocycles. The Balaban J connectivity index is 2.04. The predicted octanol–water partition coefficient (Wildman–Crippen LogP) is 3.76. The van der Waals surface area contributed by atoms with Crippen LogP contribution in [0.1, 0.15) is 50.2 Å². The second kappa shape index (κ2) is 7.82. The van der Waals surface area contributed by atoms with Gasteiger partial charge in [0.2, 0.25) is 11.8 Å². The number of rotatable bonds is 5. The normalized spacial score (nSPS) is 14.8. The van der Waals surface area contributed by atoms with E-state index < -0.39 is 0 Å². The molecule has 0 bridgehead atoms. The molecule has 0 heterocycles. The predicted molar refractivity (Wildman–Crippen MR) is 94.0 cm³/mol. The fraction of sp³-hybridized carbons (Fsp3) is 0.556. The van der Waals surface area contributed by atoms with E-state index in [1.54, 1.807) is 4.90 Å². The van der Waals surface area contributed by atoms with Gasteiger partial charge in [-0.3, -0.25) is 9.59 Å². The summed E-state index contributed by atoms with van der Waals surface area (Å²) in [4.78, 5) is 25.7. The van der Waals surface area contributed by atoms with Crippen LogP contribution in [0.2, 0.25) is 5.02 Å². The minimum atomic E-state index is -0.104. The highest BCUT2D eigenvalue weighted by Crippen LogP contribution is 2.31. The van der Waals surface area contributed by atoms with Crippen LogP contribution >= 0.6 is 11.6 Å². The molecule has 1 aliphatic rings. The molecule has 126 valence electrons. The van der Waals surface area contributed by atoms with Crippen LogP contribution in [0.15, 0.2) is 12.1 Å². The van der Waals surface area contributed by atoms with Crippen molar-refractivity contribution in [2.24, 2.45) is 0 Å². The fourth-order valence-electron chi connectivity index (χ4n) is 3.26. The Bertz CT molecular complexity index is 572. The molecule has 2 rings (SSSR count). The van der Waals surface area contributed by atoms with Crippen molar-refractivity contribution in [2.75, 3.05) is 11.4 Å². The molecule has 1 aromatic carbocycles. The summed E-state index contributed by atoms with van der Waals surface area (Å²) in [6.07, 6.45) is 4.78. The molecule has 5 heteroatoms. The number of amides is 2. The van der Waals surface area contributed by atoms with Gasteiger partial charge in [0.25, 0.3) is 0 Å². The Labute approximate surface area is 143 Å². The van der Waals surface area contributed by atoms with Gasteiger partial charge in [0.05, 0.1) is 10.7 Å². The summed E-state index contributed by atoms with van der Waals surface area (Å²) in [7, 11) is 0. The van der Waals surface area contributed by atoms with E-state index in [1.807, 2.05) is 26.0 Å². The van der Waals surface area contributed by atoms with Gasteiger partial charge in [0, 0.05) is 25.9 Å². The van der Waals surface area contributed by atoms with Crippen LogP contribution < -0.4 is 10.2 Å². The highest BCUT2D eigenvalue weighted by molar-refractivity contribution is 6.34. The summed E-state index contributed by atoms with van der Waals surface area (Å²) in [5.41, 5.74) is 2.71. The molecular weight excluding hydrogens is 312 g/mol. The summed E-state index contributed by atoms with van der Waals surface area (Å²) in [5, 5.41) is 3.60. The van der Waals surface area contributed by atoms with E-state index in [2.05, 4.69) is 5.32 Å². The van der Waals surface area contributed by atoms with E-state index in [9.17, 15) is 9.59 Å². The maximum Gasteiger partial charge on any atom is 0.223 e. The van der Waals surface area contributed by atoms with Gasteiger partial charge in [-0.1, -0.05) is 30.5 Å². The molecule has 0 unspecified atom stereocenters. The van der Waals surface area contributed by atoms with Gasteiger partial charge >= 0.3 is 0 Å². The zero-order valence-corrected chi connectivity index (χ0v) is 14.9. The monoisotopic (exact) mass is 336 g/mol. The highest BCUT2D eigenvalue weighted by Gasteiger charge is 2.21. The minimum Gasteiger partial charge on any atom is -0.353 e. The first-order chi connectivity index (χ1) is 10.9. The summed E-state index contributed by atoms with van der Waals surface area (Å²) in [6, 6.07) is 4.15. The van der Waals surface area contributed by atoms with Crippen molar-refractivity contribution in [3.8, 4) is 0 Å². The Morgan fingerprint density at radius 1 is 1.26 bits per heavy atom. The summed E-state index contributed by atoms with van der Waals surface area (Å²) < 4.78 is 0. The lowest BCUT2D eigenvalue weighted by Gasteiger charge is -2.25. The van der Waals surface area contributed by atoms with Crippen LogP contribution in [-0.4, -0.2) is 24.4 Å². The molecule has 2 amide bonds. The smallest absolute Gasteiger partial charge is 0.223 e. The lowest BCUT2D eigenvalue weighted by molar-refractivity contribution is -0.121. The lowest BCUT2D eigenvalue weighted by atomic mass is 10.1. The number of carbonyl (C=O) groups is 2. The Hall–Kier alpha value is -1.55. The molecule has 1 aliphatic carbocycles. The molecule has 0 spiro atoms. The average molecular weight is 337 g/mol. The number of hydrogen-bond donors (Lipinski definition) is 1. The molecule has 1 saturated carbocycles. The van der Waals surface area contributed by atoms with Crippen molar-refractivity contribution >= 4 is 29.1 Å². The van der Waals surface area contributed by atoms with E-state index >= 15 is 0 Å².